The summed E-state index contributed by atoms with van der Waals surface area (Å²) in [6, 6.07) is 8.24. The summed E-state index contributed by atoms with van der Waals surface area (Å²) in [5.74, 6) is 0. The minimum absolute atomic E-state index is 0.878. The average molecular weight is 198 g/mol. The van der Waals surface area contributed by atoms with Gasteiger partial charge in [-0.1, -0.05) is 25.1 Å². The Morgan fingerprint density at radius 2 is 1.77 bits per heavy atom. The fraction of sp³-hybridized carbons (Fsp3) is 0.400. The lowest BCUT2D eigenvalue weighted by molar-refractivity contribution is 0.350. The highest BCUT2D eigenvalue weighted by Crippen LogP contribution is 2.35. The van der Waals surface area contributed by atoms with Gasteiger partial charge in [0.05, 0.1) is 0 Å². The molecule has 0 aliphatic rings. The quantitative estimate of drug-likeness (QED) is 0.692. The fourth-order valence-corrected chi connectivity index (χ4v) is 2.48. The summed E-state index contributed by atoms with van der Waals surface area (Å²) in [6.07, 6.45) is 1.02. The fourth-order valence-electron chi connectivity index (χ4n) is 1.26. The van der Waals surface area contributed by atoms with Crippen LogP contribution in [0.1, 0.15) is 12.5 Å². The highest BCUT2D eigenvalue weighted by atomic mass is 31.2. The smallest absolute Gasteiger partial charge is 0.204 e. The Kier molecular flexibility index (Phi) is 4.37. The first kappa shape index (κ1) is 10.6. The Balaban J connectivity index is 2.96. The van der Waals surface area contributed by atoms with E-state index in [0.717, 1.165) is 6.42 Å². The number of benzene rings is 1. The molecule has 0 aliphatic heterocycles. The van der Waals surface area contributed by atoms with E-state index in [0.29, 0.717) is 0 Å². The van der Waals surface area contributed by atoms with E-state index in [-0.39, 0.29) is 0 Å². The molecule has 1 rings (SSSR count). The van der Waals surface area contributed by atoms with Crippen LogP contribution in [0, 0.1) is 0 Å². The van der Waals surface area contributed by atoms with Gasteiger partial charge >= 0.3 is 0 Å². The van der Waals surface area contributed by atoms with Gasteiger partial charge in [-0.3, -0.25) is 0 Å². The van der Waals surface area contributed by atoms with Gasteiger partial charge in [0, 0.05) is 19.5 Å². The highest BCUT2D eigenvalue weighted by Gasteiger charge is 2.12. The number of hydrogen-bond donors (Lipinski definition) is 0. The van der Waals surface area contributed by atoms with Crippen LogP contribution in [0.15, 0.2) is 24.3 Å². The van der Waals surface area contributed by atoms with Gasteiger partial charge in [0.2, 0.25) is 8.38 Å². The van der Waals surface area contributed by atoms with Gasteiger partial charge < -0.3 is 9.05 Å². The molecule has 0 amide bonds. The van der Waals surface area contributed by atoms with Crippen molar-refractivity contribution in [3.05, 3.63) is 29.8 Å². The second kappa shape index (κ2) is 5.33. The summed E-state index contributed by atoms with van der Waals surface area (Å²) >= 11 is 0. The van der Waals surface area contributed by atoms with Crippen LogP contribution in [-0.4, -0.2) is 14.2 Å². The van der Waals surface area contributed by atoms with Gasteiger partial charge in [-0.25, -0.2) is 0 Å². The number of hydrogen-bond acceptors (Lipinski definition) is 2. The van der Waals surface area contributed by atoms with Crippen molar-refractivity contribution in [3.8, 4) is 0 Å². The van der Waals surface area contributed by atoms with Gasteiger partial charge in [0.15, 0.2) is 0 Å². The third kappa shape index (κ3) is 2.50. The zero-order chi connectivity index (χ0) is 9.68. The third-order valence-electron chi connectivity index (χ3n) is 1.90. The maximum Gasteiger partial charge on any atom is 0.204 e. The lowest BCUT2D eigenvalue weighted by atomic mass is 10.2. The predicted molar refractivity (Wildman–Crippen MR) is 56.4 cm³/mol. The van der Waals surface area contributed by atoms with E-state index >= 15 is 0 Å². The molecule has 3 heteroatoms. The van der Waals surface area contributed by atoms with Crippen molar-refractivity contribution >= 4 is 13.7 Å². The Bertz CT molecular complexity index is 259. The summed E-state index contributed by atoms with van der Waals surface area (Å²) in [7, 11) is 2.49. The topological polar surface area (TPSA) is 18.5 Å². The molecule has 0 unspecified atom stereocenters. The van der Waals surface area contributed by atoms with Gasteiger partial charge in [0.1, 0.15) is 0 Å². The van der Waals surface area contributed by atoms with Gasteiger partial charge in [-0.15, -0.1) is 0 Å². The molecule has 13 heavy (non-hydrogen) atoms. The molecule has 0 atom stereocenters. The van der Waals surface area contributed by atoms with Crippen LogP contribution in [0.3, 0.4) is 0 Å². The molecule has 72 valence electrons. The Morgan fingerprint density at radius 1 is 1.15 bits per heavy atom. The molecule has 0 radical (unpaired) electrons. The minimum Gasteiger partial charge on any atom is -0.334 e. The van der Waals surface area contributed by atoms with Crippen molar-refractivity contribution in [2.75, 3.05) is 14.2 Å². The lowest BCUT2D eigenvalue weighted by Crippen LogP contribution is -2.09. The van der Waals surface area contributed by atoms with E-state index in [1.165, 1.54) is 10.9 Å². The van der Waals surface area contributed by atoms with Crippen LogP contribution >= 0.6 is 8.38 Å². The summed E-state index contributed by atoms with van der Waals surface area (Å²) in [4.78, 5) is 0. The molecule has 0 fully saturated rings. The molecule has 0 aromatic heterocycles. The van der Waals surface area contributed by atoms with E-state index in [2.05, 4.69) is 19.1 Å². The molecule has 2 nitrogen and oxygen atoms in total. The molecule has 0 saturated carbocycles. The maximum atomic E-state index is 5.27. The monoisotopic (exact) mass is 198 g/mol. The Morgan fingerprint density at radius 3 is 2.31 bits per heavy atom. The third-order valence-corrected chi connectivity index (χ3v) is 3.39. The molecule has 0 spiro atoms. The first-order valence-corrected chi connectivity index (χ1v) is 5.47. The van der Waals surface area contributed by atoms with E-state index in [9.17, 15) is 0 Å². The van der Waals surface area contributed by atoms with E-state index < -0.39 is 8.38 Å². The number of aryl methyl sites for hydroxylation is 1. The van der Waals surface area contributed by atoms with Crippen LogP contribution in [0.5, 0.6) is 0 Å². The molecule has 0 heterocycles. The molecule has 0 N–H and O–H groups in total. The van der Waals surface area contributed by atoms with Crippen molar-refractivity contribution in [2.24, 2.45) is 0 Å². The molecule has 1 aromatic carbocycles. The summed E-state index contributed by atoms with van der Waals surface area (Å²) in [6.45, 7) is 2.14. The average Bonchev–Trinajstić information content (AvgIpc) is 2.20. The van der Waals surface area contributed by atoms with Crippen molar-refractivity contribution < 1.29 is 9.05 Å². The van der Waals surface area contributed by atoms with Crippen LogP contribution in [-0.2, 0) is 15.5 Å². The number of rotatable bonds is 4. The van der Waals surface area contributed by atoms with Gasteiger partial charge in [-0.2, -0.15) is 0 Å². The van der Waals surface area contributed by atoms with E-state index in [1.807, 2.05) is 12.1 Å². The van der Waals surface area contributed by atoms with Crippen LogP contribution in [0.4, 0.5) is 0 Å². The summed E-state index contributed by atoms with van der Waals surface area (Å²) in [5.41, 5.74) is 1.30. The zero-order valence-electron chi connectivity index (χ0n) is 8.28. The maximum absolute atomic E-state index is 5.27. The minimum atomic E-state index is -0.878. The molecule has 0 bridgehead atoms. The van der Waals surface area contributed by atoms with Crippen molar-refractivity contribution in [3.63, 3.8) is 0 Å². The van der Waals surface area contributed by atoms with Crippen LogP contribution < -0.4 is 5.30 Å². The van der Waals surface area contributed by atoms with Crippen molar-refractivity contribution in [1.29, 1.82) is 0 Å². The first-order valence-electron chi connectivity index (χ1n) is 4.29. The van der Waals surface area contributed by atoms with Gasteiger partial charge in [0.25, 0.3) is 0 Å². The summed E-state index contributed by atoms with van der Waals surface area (Å²) < 4.78 is 10.5. The molecule has 0 saturated heterocycles. The highest BCUT2D eigenvalue weighted by molar-refractivity contribution is 7.56. The van der Waals surface area contributed by atoms with Crippen molar-refractivity contribution in [2.45, 2.75) is 13.3 Å². The van der Waals surface area contributed by atoms with Gasteiger partial charge in [-0.05, 0) is 18.1 Å². The summed E-state index contributed by atoms with van der Waals surface area (Å²) in [5, 5.41) is 1.19. The molecule has 0 aliphatic carbocycles. The predicted octanol–water partition coefficient (Wildman–Crippen LogP) is 2.48. The zero-order valence-corrected chi connectivity index (χ0v) is 9.17. The normalized spacial score (nSPS) is 10.8. The Hall–Kier alpha value is -0.430. The van der Waals surface area contributed by atoms with Crippen LogP contribution in [0.2, 0.25) is 0 Å². The molecular formula is C10H15O2P. The standard InChI is InChI=1S/C10H15O2P/c1-4-9-7-5-6-8-10(9)13(11-2)12-3/h5-8H,4H2,1-3H3. The van der Waals surface area contributed by atoms with E-state index in [1.54, 1.807) is 14.2 Å². The van der Waals surface area contributed by atoms with Crippen LogP contribution in [0.25, 0.3) is 0 Å². The van der Waals surface area contributed by atoms with E-state index in [4.69, 9.17) is 9.05 Å². The second-order valence-corrected chi connectivity index (χ2v) is 4.33. The van der Waals surface area contributed by atoms with Crippen molar-refractivity contribution in [1.82, 2.24) is 0 Å². The molecule has 1 aromatic rings. The lowest BCUT2D eigenvalue weighted by Gasteiger charge is -2.15. The largest absolute Gasteiger partial charge is 0.334 e. The SMILES string of the molecule is CCc1ccccc1P(OC)OC. The Labute approximate surface area is 80.8 Å². The first-order chi connectivity index (χ1) is 6.33. The second-order valence-electron chi connectivity index (χ2n) is 2.60. The molecular weight excluding hydrogens is 183 g/mol.